The van der Waals surface area contributed by atoms with Gasteiger partial charge in [-0.1, -0.05) is 30.3 Å². The van der Waals surface area contributed by atoms with E-state index in [-0.39, 0.29) is 11.8 Å². The molecule has 1 aliphatic rings. The largest absolute Gasteiger partial charge is 0.493 e. The van der Waals surface area contributed by atoms with Crippen molar-refractivity contribution in [2.24, 2.45) is 0 Å². The molecule has 0 spiro atoms. The van der Waals surface area contributed by atoms with Crippen molar-refractivity contribution in [2.45, 2.75) is 0 Å². The van der Waals surface area contributed by atoms with Gasteiger partial charge in [-0.3, -0.25) is 9.59 Å². The zero-order valence-corrected chi connectivity index (χ0v) is 21.1. The van der Waals surface area contributed by atoms with Gasteiger partial charge in [0.25, 0.3) is 5.91 Å². The van der Waals surface area contributed by atoms with E-state index in [1.807, 2.05) is 73.6 Å². The first-order valence-electron chi connectivity index (χ1n) is 11.5. The van der Waals surface area contributed by atoms with Crippen molar-refractivity contribution in [1.82, 2.24) is 4.90 Å². The third-order valence-corrected chi connectivity index (χ3v) is 5.93. The number of anilines is 3. The Morgan fingerprint density at radius 1 is 0.917 bits per heavy atom. The average Bonchev–Trinajstić information content (AvgIpc) is 3.20. The number of nitrogens with one attached hydrogen (secondary N) is 2. The van der Waals surface area contributed by atoms with E-state index in [1.165, 1.54) is 0 Å². The summed E-state index contributed by atoms with van der Waals surface area (Å²) in [5.41, 5.74) is 4.94. The van der Waals surface area contributed by atoms with Crippen molar-refractivity contribution >= 4 is 40.1 Å². The Balaban J connectivity index is 1.74. The van der Waals surface area contributed by atoms with Crippen LogP contribution in [-0.2, 0) is 9.59 Å². The molecular weight excluding hydrogens is 456 g/mol. The molecule has 0 saturated carbocycles. The monoisotopic (exact) mass is 486 g/mol. The van der Waals surface area contributed by atoms with Gasteiger partial charge in [-0.25, -0.2) is 0 Å². The highest BCUT2D eigenvalue weighted by Crippen LogP contribution is 2.43. The van der Waals surface area contributed by atoms with Gasteiger partial charge in [-0.15, -0.1) is 0 Å². The van der Waals surface area contributed by atoms with Gasteiger partial charge in [0.1, 0.15) is 0 Å². The Morgan fingerprint density at radius 2 is 1.56 bits per heavy atom. The van der Waals surface area contributed by atoms with Crippen molar-refractivity contribution in [3.63, 3.8) is 0 Å². The van der Waals surface area contributed by atoms with Crippen molar-refractivity contribution in [2.75, 3.05) is 57.4 Å². The van der Waals surface area contributed by atoms with Crippen LogP contribution in [0.5, 0.6) is 11.5 Å². The highest BCUT2D eigenvalue weighted by molar-refractivity contribution is 6.37. The number of nitrogens with zero attached hydrogens (tertiary/aromatic N) is 2. The smallest absolute Gasteiger partial charge is 0.258 e. The molecular formula is C28H30N4O4. The number of hydrogen-bond acceptors (Lipinski definition) is 6. The maximum Gasteiger partial charge on any atom is 0.258 e. The second-order valence-corrected chi connectivity index (χ2v) is 8.69. The highest BCUT2D eigenvalue weighted by Gasteiger charge is 2.30. The number of carbonyl (C=O) groups excluding carboxylic acids is 2. The number of hydrogen-bond donors (Lipinski definition) is 2. The molecule has 0 unspecified atom stereocenters. The predicted octanol–water partition coefficient (Wildman–Crippen LogP) is 4.16. The summed E-state index contributed by atoms with van der Waals surface area (Å²) in [5.74, 6) is 0.844. The third-order valence-electron chi connectivity index (χ3n) is 5.93. The second kappa shape index (κ2) is 10.5. The SMILES string of the molecule is COc1cc2c(cc1OC)/C(=C(\Nc1ccc(N(C)C(=O)CN(C)C)cc1)c1ccccc1)C(=O)N2. The fourth-order valence-electron chi connectivity index (χ4n) is 4.06. The van der Waals surface area contributed by atoms with Crippen LogP contribution in [0.1, 0.15) is 11.1 Å². The van der Waals surface area contributed by atoms with E-state index in [9.17, 15) is 9.59 Å². The maximum absolute atomic E-state index is 13.2. The van der Waals surface area contributed by atoms with E-state index >= 15 is 0 Å². The van der Waals surface area contributed by atoms with Crippen LogP contribution in [0.15, 0.2) is 66.7 Å². The number of fused-ring (bicyclic) bond motifs is 1. The number of benzene rings is 3. The minimum atomic E-state index is -0.225. The van der Waals surface area contributed by atoms with E-state index in [2.05, 4.69) is 10.6 Å². The standard InChI is InChI=1S/C28H30N4O4/c1-31(2)17-25(33)32(3)20-13-11-19(12-14-20)29-27(18-9-7-6-8-10-18)26-21-15-23(35-4)24(36-5)16-22(21)30-28(26)34/h6-16,29H,17H2,1-5H3,(H,30,34)/b27-26+. The van der Waals surface area contributed by atoms with Gasteiger partial charge in [0.05, 0.1) is 37.7 Å². The number of likely N-dealkylation sites (N-methyl/N-ethyl adjacent to an activating group) is 2. The van der Waals surface area contributed by atoms with Gasteiger partial charge >= 0.3 is 0 Å². The number of amides is 2. The lowest BCUT2D eigenvalue weighted by Gasteiger charge is -2.20. The molecule has 3 aromatic rings. The van der Waals surface area contributed by atoms with E-state index < -0.39 is 0 Å². The number of methoxy groups -OCH3 is 2. The molecule has 8 nitrogen and oxygen atoms in total. The lowest BCUT2D eigenvalue weighted by Crippen LogP contribution is -2.34. The Labute approximate surface area is 211 Å². The first-order valence-corrected chi connectivity index (χ1v) is 11.5. The lowest BCUT2D eigenvalue weighted by molar-refractivity contribution is -0.119. The van der Waals surface area contributed by atoms with Crippen molar-refractivity contribution < 1.29 is 19.1 Å². The van der Waals surface area contributed by atoms with Crippen LogP contribution in [0, 0.1) is 0 Å². The predicted molar refractivity (Wildman–Crippen MR) is 143 cm³/mol. The molecule has 0 atom stereocenters. The Morgan fingerprint density at radius 3 is 2.17 bits per heavy atom. The van der Waals surface area contributed by atoms with Crippen LogP contribution in [0.2, 0.25) is 0 Å². The molecule has 0 fully saturated rings. The molecule has 0 bridgehead atoms. The van der Waals surface area contributed by atoms with E-state index in [0.717, 1.165) is 22.5 Å². The number of carbonyl (C=O) groups is 2. The van der Waals surface area contributed by atoms with Gasteiger partial charge in [0.2, 0.25) is 5.91 Å². The summed E-state index contributed by atoms with van der Waals surface area (Å²) >= 11 is 0. The molecule has 8 heteroatoms. The van der Waals surface area contributed by atoms with Crippen LogP contribution in [-0.4, -0.2) is 58.6 Å². The van der Waals surface area contributed by atoms with Crippen molar-refractivity contribution in [3.05, 3.63) is 77.9 Å². The molecule has 36 heavy (non-hydrogen) atoms. The maximum atomic E-state index is 13.2. The molecule has 2 N–H and O–H groups in total. The van der Waals surface area contributed by atoms with Crippen LogP contribution in [0.3, 0.4) is 0 Å². The van der Waals surface area contributed by atoms with Gasteiger partial charge in [0, 0.05) is 30.1 Å². The molecule has 3 aromatic carbocycles. The average molecular weight is 487 g/mol. The third kappa shape index (κ3) is 5.04. The Kier molecular flexibility index (Phi) is 7.26. The zero-order chi connectivity index (χ0) is 25.8. The first kappa shape index (κ1) is 24.8. The summed E-state index contributed by atoms with van der Waals surface area (Å²) in [6.45, 7) is 0.323. The summed E-state index contributed by atoms with van der Waals surface area (Å²) < 4.78 is 10.9. The van der Waals surface area contributed by atoms with Gasteiger partial charge in [-0.05, 0) is 50.0 Å². The van der Waals surface area contributed by atoms with Crippen LogP contribution >= 0.6 is 0 Å². The summed E-state index contributed by atoms with van der Waals surface area (Å²) in [7, 11) is 8.60. The quantitative estimate of drug-likeness (QED) is 0.466. The molecule has 0 radical (unpaired) electrons. The van der Waals surface area contributed by atoms with E-state index in [1.54, 1.807) is 38.3 Å². The van der Waals surface area contributed by atoms with Crippen LogP contribution < -0.4 is 25.0 Å². The van der Waals surface area contributed by atoms with Crippen LogP contribution in [0.4, 0.5) is 17.1 Å². The van der Waals surface area contributed by atoms with Crippen LogP contribution in [0.25, 0.3) is 11.3 Å². The zero-order valence-electron chi connectivity index (χ0n) is 21.1. The Bertz CT molecular complexity index is 1300. The van der Waals surface area contributed by atoms with Crippen molar-refractivity contribution in [3.8, 4) is 11.5 Å². The summed E-state index contributed by atoms with van der Waals surface area (Å²) in [6.07, 6.45) is 0. The fourth-order valence-corrected chi connectivity index (χ4v) is 4.06. The van der Waals surface area contributed by atoms with E-state index in [4.69, 9.17) is 9.47 Å². The van der Waals surface area contributed by atoms with Gasteiger partial charge < -0.3 is 29.9 Å². The Hall–Kier alpha value is -4.30. The molecule has 2 amide bonds. The number of ether oxygens (including phenoxy) is 2. The van der Waals surface area contributed by atoms with Crippen molar-refractivity contribution in [1.29, 1.82) is 0 Å². The highest BCUT2D eigenvalue weighted by atomic mass is 16.5. The molecule has 1 aliphatic heterocycles. The molecule has 0 aromatic heterocycles. The normalized spacial score (nSPS) is 13.7. The first-order chi connectivity index (χ1) is 17.3. The van der Waals surface area contributed by atoms with Gasteiger partial charge in [0.15, 0.2) is 11.5 Å². The molecule has 0 saturated heterocycles. The van der Waals surface area contributed by atoms with Gasteiger partial charge in [-0.2, -0.15) is 0 Å². The topological polar surface area (TPSA) is 83.1 Å². The number of rotatable bonds is 8. The lowest BCUT2D eigenvalue weighted by atomic mass is 9.99. The minimum Gasteiger partial charge on any atom is -0.493 e. The summed E-state index contributed by atoms with van der Waals surface area (Å²) in [4.78, 5) is 29.1. The molecule has 1 heterocycles. The molecule has 4 rings (SSSR count). The second-order valence-electron chi connectivity index (χ2n) is 8.69. The summed E-state index contributed by atoms with van der Waals surface area (Å²) in [5, 5.41) is 6.38. The minimum absolute atomic E-state index is 0.00332. The molecule has 186 valence electrons. The molecule has 0 aliphatic carbocycles. The summed E-state index contributed by atoms with van der Waals surface area (Å²) in [6, 6.07) is 20.8. The van der Waals surface area contributed by atoms with E-state index in [0.29, 0.717) is 35.0 Å². The fraction of sp³-hybridized carbons (Fsp3) is 0.214.